The molecule has 1 aliphatic carbocycles. The van der Waals surface area contributed by atoms with E-state index in [4.69, 9.17) is 4.74 Å². The monoisotopic (exact) mass is 231 g/mol. The molecule has 1 aliphatic rings. The molecule has 1 N–H and O–H groups in total. The highest BCUT2D eigenvalue weighted by Crippen LogP contribution is 2.23. The summed E-state index contributed by atoms with van der Waals surface area (Å²) in [7, 11) is 1.68. The summed E-state index contributed by atoms with van der Waals surface area (Å²) in [5.74, 6) is 0.371. The van der Waals surface area contributed by atoms with Gasteiger partial charge in [0, 0.05) is 25.5 Å². The molecule has 4 nitrogen and oxygen atoms in total. The Labute approximate surface area is 92.6 Å². The molecule has 1 aromatic rings. The van der Waals surface area contributed by atoms with Crippen molar-refractivity contribution in [2.24, 2.45) is 0 Å². The lowest BCUT2D eigenvalue weighted by molar-refractivity contribution is 0.0160. The van der Waals surface area contributed by atoms with Gasteiger partial charge in [-0.3, -0.25) is 4.57 Å². The van der Waals surface area contributed by atoms with Crippen molar-refractivity contribution >= 4 is 0 Å². The van der Waals surface area contributed by atoms with E-state index >= 15 is 0 Å². The van der Waals surface area contributed by atoms with Crippen LogP contribution in [0, 0.1) is 0 Å². The summed E-state index contributed by atoms with van der Waals surface area (Å²) in [6.07, 6.45) is 4.87. The molecule has 0 unspecified atom stereocenters. The molecule has 0 aliphatic heterocycles. The van der Waals surface area contributed by atoms with Gasteiger partial charge in [-0.25, -0.2) is 4.98 Å². The van der Waals surface area contributed by atoms with Crippen LogP contribution in [0.4, 0.5) is 8.78 Å². The molecule has 0 spiro atoms. The van der Waals surface area contributed by atoms with E-state index in [1.165, 1.54) is 12.4 Å². The van der Waals surface area contributed by atoms with Crippen molar-refractivity contribution in [3.8, 4) is 0 Å². The molecule has 0 amide bonds. The number of hydrogen-bond acceptors (Lipinski definition) is 3. The standard InChI is InChI=1S/C10H15F2N3O/c1-16-8-4-7(5-8)14-6-9-13-2-3-15(9)10(11)12/h2-3,7-8,10,14H,4-6H2,1H3. The highest BCUT2D eigenvalue weighted by molar-refractivity contribution is 4.94. The predicted molar refractivity (Wildman–Crippen MR) is 54.1 cm³/mol. The second-order valence-electron chi connectivity index (χ2n) is 3.94. The third-order valence-electron chi connectivity index (χ3n) is 2.94. The Bertz CT molecular complexity index is 337. The Balaban J connectivity index is 1.79. The molecule has 6 heteroatoms. The lowest BCUT2D eigenvalue weighted by atomic mass is 9.89. The van der Waals surface area contributed by atoms with Crippen molar-refractivity contribution < 1.29 is 13.5 Å². The molecule has 90 valence electrons. The fourth-order valence-corrected chi connectivity index (χ4v) is 1.82. The smallest absolute Gasteiger partial charge is 0.319 e. The Morgan fingerprint density at radius 3 is 3.00 bits per heavy atom. The van der Waals surface area contributed by atoms with E-state index in [2.05, 4.69) is 10.3 Å². The topological polar surface area (TPSA) is 39.1 Å². The summed E-state index contributed by atoms with van der Waals surface area (Å²) in [5.41, 5.74) is 0. The molecule has 1 fully saturated rings. The molecule has 1 heterocycles. The fraction of sp³-hybridized carbons (Fsp3) is 0.700. The first-order valence-corrected chi connectivity index (χ1v) is 5.26. The van der Waals surface area contributed by atoms with E-state index in [0.717, 1.165) is 17.4 Å². The van der Waals surface area contributed by atoms with Gasteiger partial charge >= 0.3 is 6.55 Å². The number of imidazole rings is 1. The van der Waals surface area contributed by atoms with E-state index in [-0.39, 0.29) is 0 Å². The lowest BCUT2D eigenvalue weighted by Crippen LogP contribution is -2.44. The van der Waals surface area contributed by atoms with Gasteiger partial charge in [0.05, 0.1) is 12.6 Å². The third-order valence-corrected chi connectivity index (χ3v) is 2.94. The zero-order valence-electron chi connectivity index (χ0n) is 9.07. The molecule has 0 radical (unpaired) electrons. The number of rotatable bonds is 5. The first-order valence-electron chi connectivity index (χ1n) is 5.26. The first-order chi connectivity index (χ1) is 7.70. The van der Waals surface area contributed by atoms with Crippen LogP contribution in [0.5, 0.6) is 0 Å². The molecule has 2 rings (SSSR count). The summed E-state index contributed by atoms with van der Waals surface area (Å²) in [4.78, 5) is 3.90. The average Bonchev–Trinajstić information content (AvgIpc) is 2.64. The summed E-state index contributed by atoms with van der Waals surface area (Å²) in [6.45, 7) is -2.15. The van der Waals surface area contributed by atoms with Crippen LogP contribution < -0.4 is 5.32 Å². The summed E-state index contributed by atoms with van der Waals surface area (Å²) >= 11 is 0. The van der Waals surface area contributed by atoms with Gasteiger partial charge in [0.2, 0.25) is 0 Å². The number of halogens is 2. The number of aromatic nitrogens is 2. The Morgan fingerprint density at radius 2 is 2.38 bits per heavy atom. The fourth-order valence-electron chi connectivity index (χ4n) is 1.82. The highest BCUT2D eigenvalue weighted by atomic mass is 19.3. The Kier molecular flexibility index (Phi) is 3.50. The molecule has 0 atom stereocenters. The quantitative estimate of drug-likeness (QED) is 0.835. The minimum absolute atomic E-state index is 0.312. The van der Waals surface area contributed by atoms with Crippen LogP contribution in [0.1, 0.15) is 25.2 Å². The second-order valence-corrected chi connectivity index (χ2v) is 3.94. The van der Waals surface area contributed by atoms with E-state index in [1.807, 2.05) is 0 Å². The van der Waals surface area contributed by atoms with Crippen LogP contribution in [-0.2, 0) is 11.3 Å². The second kappa shape index (κ2) is 4.88. The normalized spacial score (nSPS) is 24.8. The zero-order chi connectivity index (χ0) is 11.5. The minimum Gasteiger partial charge on any atom is -0.381 e. The van der Waals surface area contributed by atoms with E-state index in [0.29, 0.717) is 24.5 Å². The molecule has 16 heavy (non-hydrogen) atoms. The minimum atomic E-state index is -2.52. The largest absolute Gasteiger partial charge is 0.381 e. The van der Waals surface area contributed by atoms with E-state index in [1.54, 1.807) is 7.11 Å². The van der Waals surface area contributed by atoms with Crippen molar-refractivity contribution in [1.82, 2.24) is 14.9 Å². The number of methoxy groups -OCH3 is 1. The van der Waals surface area contributed by atoms with E-state index < -0.39 is 6.55 Å². The van der Waals surface area contributed by atoms with Gasteiger partial charge in [-0.15, -0.1) is 0 Å². The van der Waals surface area contributed by atoms with Gasteiger partial charge in [0.1, 0.15) is 5.82 Å². The maximum Gasteiger partial charge on any atom is 0.319 e. The number of alkyl halides is 2. The number of ether oxygens (including phenoxy) is 1. The van der Waals surface area contributed by atoms with Gasteiger partial charge in [0.25, 0.3) is 0 Å². The number of nitrogens with zero attached hydrogens (tertiary/aromatic N) is 2. The first kappa shape index (κ1) is 11.5. The van der Waals surface area contributed by atoms with Crippen LogP contribution >= 0.6 is 0 Å². The lowest BCUT2D eigenvalue weighted by Gasteiger charge is -2.34. The van der Waals surface area contributed by atoms with Crippen LogP contribution in [-0.4, -0.2) is 28.8 Å². The molecular formula is C10H15F2N3O. The summed E-state index contributed by atoms with van der Waals surface area (Å²) < 4.78 is 31.0. The average molecular weight is 231 g/mol. The Morgan fingerprint density at radius 1 is 1.62 bits per heavy atom. The highest BCUT2D eigenvalue weighted by Gasteiger charge is 2.28. The summed E-state index contributed by atoms with van der Waals surface area (Å²) in [5, 5.41) is 3.18. The molecule has 0 aromatic carbocycles. The van der Waals surface area contributed by atoms with Crippen molar-refractivity contribution in [3.05, 3.63) is 18.2 Å². The van der Waals surface area contributed by atoms with Crippen LogP contribution in [0.25, 0.3) is 0 Å². The summed E-state index contributed by atoms with van der Waals surface area (Å²) in [6, 6.07) is 0.354. The van der Waals surface area contributed by atoms with Crippen LogP contribution in [0.2, 0.25) is 0 Å². The molecule has 0 saturated heterocycles. The van der Waals surface area contributed by atoms with Gasteiger partial charge in [-0.05, 0) is 12.8 Å². The van der Waals surface area contributed by atoms with Gasteiger partial charge in [-0.2, -0.15) is 8.78 Å². The molecule has 1 aromatic heterocycles. The molecule has 0 bridgehead atoms. The molecule has 1 saturated carbocycles. The van der Waals surface area contributed by atoms with Crippen molar-refractivity contribution in [3.63, 3.8) is 0 Å². The van der Waals surface area contributed by atoms with Crippen molar-refractivity contribution in [2.45, 2.75) is 38.1 Å². The molecular weight excluding hydrogens is 216 g/mol. The Hall–Kier alpha value is -1.01. The van der Waals surface area contributed by atoms with Gasteiger partial charge in [0.15, 0.2) is 0 Å². The van der Waals surface area contributed by atoms with E-state index in [9.17, 15) is 8.78 Å². The zero-order valence-corrected chi connectivity index (χ0v) is 9.07. The third kappa shape index (κ3) is 2.38. The van der Waals surface area contributed by atoms with Crippen LogP contribution in [0.15, 0.2) is 12.4 Å². The number of nitrogens with one attached hydrogen (secondary N) is 1. The SMILES string of the molecule is COC1CC(NCc2nccn2C(F)F)C1. The number of hydrogen-bond donors (Lipinski definition) is 1. The van der Waals surface area contributed by atoms with Crippen molar-refractivity contribution in [2.75, 3.05) is 7.11 Å². The maximum absolute atomic E-state index is 12.5. The predicted octanol–water partition coefficient (Wildman–Crippen LogP) is 1.55. The van der Waals surface area contributed by atoms with Crippen molar-refractivity contribution in [1.29, 1.82) is 0 Å². The maximum atomic E-state index is 12.5. The van der Waals surface area contributed by atoms with Gasteiger partial charge in [-0.1, -0.05) is 0 Å². The van der Waals surface area contributed by atoms with Gasteiger partial charge < -0.3 is 10.1 Å². The van der Waals surface area contributed by atoms with Crippen LogP contribution in [0.3, 0.4) is 0 Å².